The smallest absolute Gasteiger partial charge is 0.0540 e. The lowest BCUT2D eigenvalue weighted by atomic mass is 9.86. The molecule has 14 rings (SSSR count). The zero-order chi connectivity index (χ0) is 43.3. The Morgan fingerprint density at radius 2 is 0.818 bits per heavy atom. The molecule has 310 valence electrons. The van der Waals surface area contributed by atoms with Crippen LogP contribution >= 0.6 is 22.7 Å². The van der Waals surface area contributed by atoms with Gasteiger partial charge in [0.2, 0.25) is 0 Å². The van der Waals surface area contributed by atoms with E-state index < -0.39 is 0 Å². The van der Waals surface area contributed by atoms with Crippen molar-refractivity contribution >= 4 is 135 Å². The van der Waals surface area contributed by atoms with Crippen LogP contribution in [0.2, 0.25) is 0 Å². The van der Waals surface area contributed by atoms with Crippen molar-refractivity contribution in [3.8, 4) is 0 Å². The molecule has 4 heteroatoms. The Morgan fingerprint density at radius 3 is 1.35 bits per heavy atom. The van der Waals surface area contributed by atoms with Crippen molar-refractivity contribution in [3.63, 3.8) is 0 Å². The summed E-state index contributed by atoms with van der Waals surface area (Å²) in [5.41, 5.74) is 8.48. The van der Waals surface area contributed by atoms with Crippen LogP contribution in [0.3, 0.4) is 0 Å². The molecule has 2 heterocycles. The van der Waals surface area contributed by atoms with E-state index >= 15 is 0 Å². The molecule has 0 fully saturated rings. The molecule has 12 aromatic rings. The van der Waals surface area contributed by atoms with Crippen molar-refractivity contribution in [1.29, 1.82) is 0 Å². The van der Waals surface area contributed by atoms with E-state index in [1.165, 1.54) is 106 Å². The Balaban J connectivity index is 0.957. The molecule has 2 aromatic heterocycles. The van der Waals surface area contributed by atoms with E-state index in [4.69, 9.17) is 0 Å². The minimum atomic E-state index is 0.367. The van der Waals surface area contributed by atoms with Crippen LogP contribution in [0.4, 0.5) is 28.4 Å². The third-order valence-corrected chi connectivity index (χ3v) is 16.3. The minimum Gasteiger partial charge on any atom is -0.314 e. The summed E-state index contributed by atoms with van der Waals surface area (Å²) in [7, 11) is 0. The predicted octanol–water partition coefficient (Wildman–Crippen LogP) is 18.6. The highest BCUT2D eigenvalue weighted by atomic mass is 32.1. The molecule has 10 aromatic carbocycles. The fourth-order valence-electron chi connectivity index (χ4n) is 10.7. The SMILES string of the molecule is C1=CC2=CC=C(N(c3ccc4ccccc4c3)c3ccc4c(c3)sc3c5sc6cc(N(c7ccc8ccccc8c7)c7ccc8ccccc8c7)ccc6c5c5ccccc5c43)CC2C=C1. The molecule has 1 unspecified atom stereocenters. The fourth-order valence-corrected chi connectivity index (χ4v) is 13.4. The van der Waals surface area contributed by atoms with Crippen LogP contribution in [-0.2, 0) is 0 Å². The van der Waals surface area contributed by atoms with Gasteiger partial charge < -0.3 is 9.80 Å². The van der Waals surface area contributed by atoms with Crippen molar-refractivity contribution in [2.24, 2.45) is 5.92 Å². The average molecular weight is 877 g/mol. The van der Waals surface area contributed by atoms with Gasteiger partial charge in [0.25, 0.3) is 0 Å². The van der Waals surface area contributed by atoms with E-state index in [0.29, 0.717) is 5.92 Å². The largest absolute Gasteiger partial charge is 0.314 e. The van der Waals surface area contributed by atoms with Gasteiger partial charge in [0.05, 0.1) is 9.40 Å². The van der Waals surface area contributed by atoms with Gasteiger partial charge in [0.15, 0.2) is 0 Å². The van der Waals surface area contributed by atoms with Gasteiger partial charge in [-0.15, -0.1) is 22.7 Å². The van der Waals surface area contributed by atoms with Gasteiger partial charge in [-0.25, -0.2) is 0 Å². The monoisotopic (exact) mass is 876 g/mol. The first-order valence-electron chi connectivity index (χ1n) is 22.7. The highest BCUT2D eigenvalue weighted by Gasteiger charge is 2.25. The van der Waals surface area contributed by atoms with Crippen LogP contribution < -0.4 is 9.80 Å². The molecule has 0 saturated heterocycles. The lowest BCUT2D eigenvalue weighted by Crippen LogP contribution is -2.21. The normalized spacial score (nSPS) is 14.8. The van der Waals surface area contributed by atoms with Gasteiger partial charge in [-0.3, -0.25) is 0 Å². The third-order valence-electron chi connectivity index (χ3n) is 13.9. The standard InChI is InChI=1S/C62H40N2S2/c1-5-15-43-33-47(25-21-39(43)11-1)63(48-26-22-40-12-2-6-16-44(40)34-48)51-29-31-55-57(37-51)65-61-59(55)53-19-9-10-20-54(53)60-56-32-30-52(38-58(56)66-62(60)61)64(49-27-23-41-13-3-7-17-45(41)35-49)50-28-24-42-14-4-8-18-46(42)36-50/h1-35,37-38,46H,36H2. The number of anilines is 5. The molecular weight excluding hydrogens is 837 g/mol. The number of benzene rings is 10. The fraction of sp³-hybridized carbons (Fsp3) is 0.0323. The van der Waals surface area contributed by atoms with Gasteiger partial charge in [-0.1, -0.05) is 158 Å². The summed E-state index contributed by atoms with van der Waals surface area (Å²) < 4.78 is 5.31. The lowest BCUT2D eigenvalue weighted by molar-refractivity contribution is 0.732. The quantitative estimate of drug-likeness (QED) is 0.164. The van der Waals surface area contributed by atoms with E-state index in [1.54, 1.807) is 0 Å². The van der Waals surface area contributed by atoms with Crippen molar-refractivity contribution < 1.29 is 0 Å². The molecule has 0 bridgehead atoms. The number of hydrogen-bond donors (Lipinski definition) is 0. The average Bonchev–Trinajstić information content (AvgIpc) is 3.96. The molecule has 0 aliphatic heterocycles. The number of rotatable bonds is 6. The maximum atomic E-state index is 2.50. The van der Waals surface area contributed by atoms with Crippen LogP contribution in [-0.4, -0.2) is 0 Å². The molecule has 2 nitrogen and oxygen atoms in total. The minimum absolute atomic E-state index is 0.367. The highest BCUT2D eigenvalue weighted by molar-refractivity contribution is 7.33. The maximum absolute atomic E-state index is 2.50. The van der Waals surface area contributed by atoms with Crippen molar-refractivity contribution in [1.82, 2.24) is 0 Å². The second-order valence-electron chi connectivity index (χ2n) is 17.7. The Kier molecular flexibility index (Phi) is 8.49. The van der Waals surface area contributed by atoms with E-state index in [2.05, 4.69) is 234 Å². The van der Waals surface area contributed by atoms with Crippen molar-refractivity contribution in [3.05, 3.63) is 236 Å². The van der Waals surface area contributed by atoms with Crippen LogP contribution in [0, 0.1) is 5.92 Å². The molecule has 2 aliphatic carbocycles. The van der Waals surface area contributed by atoms with Gasteiger partial charge in [0, 0.05) is 71.0 Å². The van der Waals surface area contributed by atoms with E-state index in [0.717, 1.165) is 23.5 Å². The Labute approximate surface area is 390 Å². The first kappa shape index (κ1) is 37.6. The second kappa shape index (κ2) is 14.9. The van der Waals surface area contributed by atoms with Crippen LogP contribution in [0.25, 0.3) is 83.4 Å². The third kappa shape index (κ3) is 5.99. The van der Waals surface area contributed by atoms with Crippen LogP contribution in [0.5, 0.6) is 0 Å². The van der Waals surface area contributed by atoms with E-state index in [1.807, 2.05) is 22.7 Å². The van der Waals surface area contributed by atoms with Gasteiger partial charge >= 0.3 is 0 Å². The summed E-state index contributed by atoms with van der Waals surface area (Å²) >= 11 is 3.88. The number of fused-ring (bicyclic) bond motifs is 14. The molecular formula is C62H40N2S2. The molecule has 0 amide bonds. The topological polar surface area (TPSA) is 6.48 Å². The molecule has 0 saturated carbocycles. The first-order chi connectivity index (χ1) is 32.7. The summed E-state index contributed by atoms with van der Waals surface area (Å²) in [6, 6.07) is 69.9. The van der Waals surface area contributed by atoms with Crippen molar-refractivity contribution in [2.45, 2.75) is 6.42 Å². The molecule has 2 aliphatic rings. The van der Waals surface area contributed by atoms with E-state index in [-0.39, 0.29) is 0 Å². The molecule has 0 spiro atoms. The van der Waals surface area contributed by atoms with Crippen LogP contribution in [0.1, 0.15) is 6.42 Å². The highest BCUT2D eigenvalue weighted by Crippen LogP contribution is 2.51. The summed E-state index contributed by atoms with van der Waals surface area (Å²) in [4.78, 5) is 4.93. The summed E-state index contributed by atoms with van der Waals surface area (Å²) in [5.74, 6) is 0.367. The summed E-state index contributed by atoms with van der Waals surface area (Å²) in [6.07, 6.45) is 14.5. The number of hydrogen-bond acceptors (Lipinski definition) is 4. The zero-order valence-corrected chi connectivity index (χ0v) is 37.5. The second-order valence-corrected chi connectivity index (χ2v) is 19.8. The first-order valence-corrected chi connectivity index (χ1v) is 24.4. The zero-order valence-electron chi connectivity index (χ0n) is 35.9. The molecule has 0 radical (unpaired) electrons. The van der Waals surface area contributed by atoms with Crippen molar-refractivity contribution in [2.75, 3.05) is 9.80 Å². The predicted molar refractivity (Wildman–Crippen MR) is 288 cm³/mol. The molecule has 66 heavy (non-hydrogen) atoms. The Morgan fingerprint density at radius 1 is 0.379 bits per heavy atom. The van der Waals surface area contributed by atoms with Gasteiger partial charge in [-0.2, -0.15) is 0 Å². The summed E-state index contributed by atoms with van der Waals surface area (Å²) in [6.45, 7) is 0. The number of nitrogens with zero attached hydrogens (tertiary/aromatic N) is 2. The maximum Gasteiger partial charge on any atom is 0.0540 e. The Hall–Kier alpha value is -7.76. The summed E-state index contributed by atoms with van der Waals surface area (Å²) in [5, 5.41) is 15.4. The Bertz CT molecular complexity index is 4040. The number of allylic oxidation sites excluding steroid dienone is 8. The lowest BCUT2D eigenvalue weighted by Gasteiger charge is -2.32. The van der Waals surface area contributed by atoms with Gasteiger partial charge in [-0.05, 0) is 122 Å². The number of thiophene rings is 2. The molecule has 0 N–H and O–H groups in total. The van der Waals surface area contributed by atoms with E-state index in [9.17, 15) is 0 Å². The van der Waals surface area contributed by atoms with Gasteiger partial charge in [0.1, 0.15) is 0 Å². The molecule has 1 atom stereocenters. The van der Waals surface area contributed by atoms with Crippen LogP contribution in [0.15, 0.2) is 236 Å².